The first-order valence-electron chi connectivity index (χ1n) is 7.26. The summed E-state index contributed by atoms with van der Waals surface area (Å²) in [5, 5.41) is 7.40. The Hall–Kier alpha value is -1.81. The first-order valence-corrected chi connectivity index (χ1v) is 7.64. The van der Waals surface area contributed by atoms with E-state index in [1.54, 1.807) is 0 Å². The zero-order chi connectivity index (χ0) is 15.2. The monoisotopic (exact) mass is 304 g/mol. The van der Waals surface area contributed by atoms with Crippen LogP contribution in [0.15, 0.2) is 30.3 Å². The Labute approximate surface area is 131 Å². The zero-order valence-corrected chi connectivity index (χ0v) is 13.4. The van der Waals surface area contributed by atoms with Crippen molar-refractivity contribution in [2.75, 3.05) is 17.2 Å². The lowest BCUT2D eigenvalue weighted by atomic mass is 10.1. The molecule has 112 valence electrons. The molecular formula is C16H21ClN4. The predicted molar refractivity (Wildman–Crippen MR) is 89.1 cm³/mol. The van der Waals surface area contributed by atoms with Gasteiger partial charge < -0.3 is 10.6 Å². The molecule has 0 saturated heterocycles. The average molecular weight is 305 g/mol. The normalized spacial score (nSPS) is 12.0. The van der Waals surface area contributed by atoms with Crippen LogP contribution < -0.4 is 10.6 Å². The maximum Gasteiger partial charge on any atom is 0.132 e. The van der Waals surface area contributed by atoms with Gasteiger partial charge in [-0.1, -0.05) is 30.7 Å². The minimum Gasteiger partial charge on any atom is -0.370 e. The fourth-order valence-corrected chi connectivity index (χ4v) is 2.18. The standard InChI is InChI=1S/C16H21ClN4/c1-4-14-20-15(18-5-2)10-16(21-14)19-11(3)12-6-8-13(17)9-7-12/h6-11H,4-5H2,1-3H3,(H2,18,19,20,21). The molecule has 2 aromatic rings. The van der Waals surface area contributed by atoms with E-state index in [0.29, 0.717) is 0 Å². The molecule has 4 nitrogen and oxygen atoms in total. The van der Waals surface area contributed by atoms with Crippen molar-refractivity contribution >= 4 is 23.2 Å². The third-order valence-electron chi connectivity index (χ3n) is 3.18. The summed E-state index contributed by atoms with van der Waals surface area (Å²) in [6, 6.07) is 9.93. The number of nitrogens with zero attached hydrogens (tertiary/aromatic N) is 2. The van der Waals surface area contributed by atoms with Gasteiger partial charge >= 0.3 is 0 Å². The molecule has 5 heteroatoms. The molecule has 0 fully saturated rings. The summed E-state index contributed by atoms with van der Waals surface area (Å²) in [5.41, 5.74) is 1.17. The van der Waals surface area contributed by atoms with Crippen LogP contribution in [0.25, 0.3) is 0 Å². The average Bonchev–Trinajstić information content (AvgIpc) is 2.48. The quantitative estimate of drug-likeness (QED) is 0.835. The van der Waals surface area contributed by atoms with Crippen LogP contribution >= 0.6 is 11.6 Å². The number of rotatable bonds is 6. The maximum absolute atomic E-state index is 5.92. The molecule has 1 aromatic carbocycles. The van der Waals surface area contributed by atoms with Crippen molar-refractivity contribution in [2.24, 2.45) is 0 Å². The van der Waals surface area contributed by atoms with E-state index in [0.717, 1.165) is 35.4 Å². The Morgan fingerprint density at radius 3 is 2.38 bits per heavy atom. The third kappa shape index (κ3) is 4.33. The van der Waals surface area contributed by atoms with E-state index in [9.17, 15) is 0 Å². The van der Waals surface area contributed by atoms with Crippen LogP contribution in [0, 0.1) is 0 Å². The van der Waals surface area contributed by atoms with Gasteiger partial charge in [0.05, 0.1) is 0 Å². The summed E-state index contributed by atoms with van der Waals surface area (Å²) in [4.78, 5) is 8.98. The van der Waals surface area contributed by atoms with Gasteiger partial charge in [0, 0.05) is 30.1 Å². The first-order chi connectivity index (χ1) is 10.1. The van der Waals surface area contributed by atoms with E-state index in [1.165, 1.54) is 5.56 Å². The van der Waals surface area contributed by atoms with Crippen molar-refractivity contribution in [1.82, 2.24) is 9.97 Å². The molecule has 21 heavy (non-hydrogen) atoms. The summed E-state index contributed by atoms with van der Waals surface area (Å²) in [6.45, 7) is 7.05. The van der Waals surface area contributed by atoms with Gasteiger partial charge in [-0.3, -0.25) is 0 Å². The number of benzene rings is 1. The molecule has 1 aromatic heterocycles. The van der Waals surface area contributed by atoms with Gasteiger partial charge in [0.2, 0.25) is 0 Å². The van der Waals surface area contributed by atoms with E-state index in [-0.39, 0.29) is 6.04 Å². The van der Waals surface area contributed by atoms with Crippen molar-refractivity contribution in [3.05, 3.63) is 46.7 Å². The molecule has 0 amide bonds. The topological polar surface area (TPSA) is 49.8 Å². The highest BCUT2D eigenvalue weighted by molar-refractivity contribution is 6.30. The Balaban J connectivity index is 2.17. The summed E-state index contributed by atoms with van der Waals surface area (Å²) in [6.07, 6.45) is 0.809. The fraction of sp³-hybridized carbons (Fsp3) is 0.375. The van der Waals surface area contributed by atoms with Crippen molar-refractivity contribution in [1.29, 1.82) is 0 Å². The van der Waals surface area contributed by atoms with Crippen molar-refractivity contribution in [2.45, 2.75) is 33.2 Å². The molecule has 0 spiro atoms. The molecule has 1 heterocycles. The summed E-state index contributed by atoms with van der Waals surface area (Å²) >= 11 is 5.92. The molecule has 0 aliphatic rings. The van der Waals surface area contributed by atoms with E-state index >= 15 is 0 Å². The van der Waals surface area contributed by atoms with Crippen LogP contribution in [0.2, 0.25) is 5.02 Å². The summed E-state index contributed by atoms with van der Waals surface area (Å²) in [7, 11) is 0. The van der Waals surface area contributed by atoms with Crippen LogP contribution in [-0.2, 0) is 6.42 Å². The number of nitrogens with one attached hydrogen (secondary N) is 2. The van der Waals surface area contributed by atoms with Gasteiger partial charge in [0.1, 0.15) is 17.5 Å². The van der Waals surface area contributed by atoms with Crippen molar-refractivity contribution < 1.29 is 0 Å². The number of aromatic nitrogens is 2. The minimum atomic E-state index is 0.149. The van der Waals surface area contributed by atoms with Crippen LogP contribution in [-0.4, -0.2) is 16.5 Å². The molecule has 0 aliphatic heterocycles. The highest BCUT2D eigenvalue weighted by Crippen LogP contribution is 2.21. The second-order valence-corrected chi connectivity index (χ2v) is 5.29. The molecule has 2 N–H and O–H groups in total. The number of anilines is 2. The lowest BCUT2D eigenvalue weighted by molar-refractivity contribution is 0.857. The second kappa shape index (κ2) is 7.27. The van der Waals surface area contributed by atoms with Crippen LogP contribution in [0.1, 0.15) is 38.2 Å². The van der Waals surface area contributed by atoms with Gasteiger partial charge in [0.25, 0.3) is 0 Å². The molecule has 0 bridgehead atoms. The number of hydrogen-bond acceptors (Lipinski definition) is 4. The van der Waals surface area contributed by atoms with Gasteiger partial charge in [0.15, 0.2) is 0 Å². The Kier molecular flexibility index (Phi) is 5.39. The fourth-order valence-electron chi connectivity index (χ4n) is 2.06. The van der Waals surface area contributed by atoms with E-state index < -0.39 is 0 Å². The van der Waals surface area contributed by atoms with Gasteiger partial charge in [-0.2, -0.15) is 0 Å². The smallest absolute Gasteiger partial charge is 0.132 e. The lowest BCUT2D eigenvalue weighted by Gasteiger charge is -2.16. The second-order valence-electron chi connectivity index (χ2n) is 4.86. The van der Waals surface area contributed by atoms with Gasteiger partial charge in [-0.25, -0.2) is 9.97 Å². The zero-order valence-electron chi connectivity index (χ0n) is 12.7. The van der Waals surface area contributed by atoms with Crippen molar-refractivity contribution in [3.8, 4) is 0 Å². The Morgan fingerprint density at radius 2 is 1.76 bits per heavy atom. The molecule has 2 rings (SSSR count). The molecular weight excluding hydrogens is 284 g/mol. The number of hydrogen-bond donors (Lipinski definition) is 2. The van der Waals surface area contributed by atoms with E-state index in [2.05, 4.69) is 41.4 Å². The lowest BCUT2D eigenvalue weighted by Crippen LogP contribution is -2.11. The van der Waals surface area contributed by atoms with Crippen molar-refractivity contribution in [3.63, 3.8) is 0 Å². The van der Waals surface area contributed by atoms with Gasteiger partial charge in [-0.15, -0.1) is 0 Å². The first kappa shape index (κ1) is 15.6. The van der Waals surface area contributed by atoms with E-state index in [4.69, 9.17) is 11.6 Å². The predicted octanol–water partition coefficient (Wildman–Crippen LogP) is 4.30. The van der Waals surface area contributed by atoms with Crippen LogP contribution in [0.5, 0.6) is 0 Å². The number of halogens is 1. The largest absolute Gasteiger partial charge is 0.370 e. The SMILES string of the molecule is CCNc1cc(NC(C)c2ccc(Cl)cc2)nc(CC)n1. The summed E-state index contributed by atoms with van der Waals surface area (Å²) in [5.74, 6) is 2.52. The molecule has 0 saturated carbocycles. The Morgan fingerprint density at radius 1 is 1.10 bits per heavy atom. The van der Waals surface area contributed by atoms with E-state index in [1.807, 2.05) is 30.3 Å². The van der Waals surface area contributed by atoms with Crippen LogP contribution in [0.4, 0.5) is 11.6 Å². The molecule has 0 radical (unpaired) electrons. The minimum absolute atomic E-state index is 0.149. The Bertz CT molecular complexity index is 583. The summed E-state index contributed by atoms with van der Waals surface area (Å²) < 4.78 is 0. The highest BCUT2D eigenvalue weighted by Gasteiger charge is 2.08. The van der Waals surface area contributed by atoms with Crippen LogP contribution in [0.3, 0.4) is 0 Å². The molecule has 1 atom stereocenters. The maximum atomic E-state index is 5.92. The third-order valence-corrected chi connectivity index (χ3v) is 3.43. The molecule has 1 unspecified atom stereocenters. The molecule has 0 aliphatic carbocycles. The number of aryl methyl sites for hydroxylation is 1. The highest BCUT2D eigenvalue weighted by atomic mass is 35.5. The van der Waals surface area contributed by atoms with Gasteiger partial charge in [-0.05, 0) is 31.5 Å².